The van der Waals surface area contributed by atoms with E-state index in [0.717, 1.165) is 23.3 Å². The number of aryl methyl sites for hydroxylation is 1. The van der Waals surface area contributed by atoms with E-state index in [4.69, 9.17) is 4.99 Å². The van der Waals surface area contributed by atoms with E-state index in [0.29, 0.717) is 17.3 Å². The average molecular weight is 398 g/mol. The minimum absolute atomic E-state index is 0. The van der Waals surface area contributed by atoms with Crippen molar-refractivity contribution in [2.45, 2.75) is 51.5 Å². The Morgan fingerprint density at radius 2 is 2.08 bits per heavy atom. The van der Waals surface area contributed by atoms with Gasteiger partial charge in [-0.05, 0) is 37.5 Å². The maximum absolute atomic E-state index is 13.6. The van der Waals surface area contributed by atoms with Crippen molar-refractivity contribution in [1.82, 2.24) is 4.57 Å². The van der Waals surface area contributed by atoms with Gasteiger partial charge in [0.05, 0.1) is 12.5 Å². The van der Waals surface area contributed by atoms with Gasteiger partial charge in [0.2, 0.25) is 5.91 Å². The van der Waals surface area contributed by atoms with Gasteiger partial charge in [0.1, 0.15) is 5.82 Å². The molecule has 1 aliphatic carbocycles. The largest absolute Gasteiger partial charge is 0.326 e. The van der Waals surface area contributed by atoms with Crippen LogP contribution in [-0.2, 0) is 18.3 Å². The number of rotatable bonds is 4. The van der Waals surface area contributed by atoms with Crippen LogP contribution in [0.5, 0.6) is 0 Å². The Morgan fingerprint density at radius 3 is 2.77 bits per heavy atom. The van der Waals surface area contributed by atoms with E-state index in [9.17, 15) is 9.18 Å². The number of hydrogen-bond acceptors (Lipinski definition) is 3. The molecule has 26 heavy (non-hydrogen) atoms. The number of halogens is 2. The van der Waals surface area contributed by atoms with E-state index < -0.39 is 0 Å². The summed E-state index contributed by atoms with van der Waals surface area (Å²) in [6.45, 7) is 1.70. The summed E-state index contributed by atoms with van der Waals surface area (Å²) in [5.41, 5.74) is 1.97. The zero-order valence-electron chi connectivity index (χ0n) is 15.1. The Hall–Kier alpha value is -1.66. The number of benzene rings is 1. The van der Waals surface area contributed by atoms with Crippen molar-refractivity contribution in [3.8, 4) is 0 Å². The standard InChI is InChI=1S/C19H24FN3OS.ClH/c1-13-8-9-15(10-17(13)20)21-18(24)11-16-12-25-19(23(16)2)22-14-6-4-3-5-7-14;/h8-10,12,14H,3-7,11H2,1-2H3,(H,21,24);1H. The van der Waals surface area contributed by atoms with Gasteiger partial charge in [-0.25, -0.2) is 4.39 Å². The average Bonchev–Trinajstić information content (AvgIpc) is 2.92. The number of anilines is 1. The summed E-state index contributed by atoms with van der Waals surface area (Å²) < 4.78 is 15.6. The van der Waals surface area contributed by atoms with Crippen LogP contribution in [-0.4, -0.2) is 16.5 Å². The number of carbonyl (C=O) groups excluding carboxylic acids is 1. The normalized spacial score (nSPS) is 15.6. The number of aromatic nitrogens is 1. The molecule has 1 N–H and O–H groups in total. The number of nitrogens with one attached hydrogen (secondary N) is 1. The van der Waals surface area contributed by atoms with Crippen molar-refractivity contribution in [2.75, 3.05) is 5.32 Å². The minimum atomic E-state index is -0.313. The Kier molecular flexibility index (Phi) is 7.41. The molecule has 1 fully saturated rings. The van der Waals surface area contributed by atoms with Crippen LogP contribution in [0.25, 0.3) is 0 Å². The number of nitrogens with zero attached hydrogens (tertiary/aromatic N) is 2. The zero-order chi connectivity index (χ0) is 17.8. The summed E-state index contributed by atoms with van der Waals surface area (Å²) >= 11 is 1.58. The molecular formula is C19H25ClFN3OS. The Labute approximate surface area is 163 Å². The Bertz CT molecular complexity index is 824. The molecule has 0 unspecified atom stereocenters. The number of thiazole rings is 1. The number of amides is 1. The van der Waals surface area contributed by atoms with Crippen molar-refractivity contribution >= 4 is 35.3 Å². The van der Waals surface area contributed by atoms with Gasteiger partial charge < -0.3 is 9.88 Å². The predicted molar refractivity (Wildman–Crippen MR) is 106 cm³/mol. The molecule has 142 valence electrons. The predicted octanol–water partition coefficient (Wildman–Crippen LogP) is 4.37. The van der Waals surface area contributed by atoms with E-state index in [1.807, 2.05) is 17.0 Å². The molecule has 1 aromatic carbocycles. The van der Waals surface area contributed by atoms with Crippen LogP contribution in [0.2, 0.25) is 0 Å². The minimum Gasteiger partial charge on any atom is -0.326 e. The van der Waals surface area contributed by atoms with Gasteiger partial charge >= 0.3 is 0 Å². The van der Waals surface area contributed by atoms with E-state index in [-0.39, 0.29) is 30.6 Å². The van der Waals surface area contributed by atoms with Crippen LogP contribution in [0, 0.1) is 12.7 Å². The topological polar surface area (TPSA) is 46.4 Å². The third-order valence-corrected chi connectivity index (χ3v) is 5.66. The van der Waals surface area contributed by atoms with Crippen LogP contribution in [0.1, 0.15) is 43.4 Å². The fourth-order valence-corrected chi connectivity index (χ4v) is 4.05. The van der Waals surface area contributed by atoms with Gasteiger partial charge in [0, 0.05) is 23.8 Å². The summed E-state index contributed by atoms with van der Waals surface area (Å²) in [6.07, 6.45) is 6.40. The molecule has 2 aromatic rings. The van der Waals surface area contributed by atoms with Crippen LogP contribution in [0.3, 0.4) is 0 Å². The van der Waals surface area contributed by atoms with Crippen molar-refractivity contribution in [2.24, 2.45) is 12.0 Å². The second kappa shape index (κ2) is 9.33. The molecule has 4 nitrogen and oxygen atoms in total. The second-order valence-electron chi connectivity index (χ2n) is 6.68. The summed E-state index contributed by atoms with van der Waals surface area (Å²) in [5.74, 6) is -0.465. The quantitative estimate of drug-likeness (QED) is 0.818. The third kappa shape index (κ3) is 5.17. The van der Waals surface area contributed by atoms with E-state index in [1.54, 1.807) is 30.4 Å². The first kappa shape index (κ1) is 20.6. The summed E-state index contributed by atoms with van der Waals surface area (Å²) in [7, 11) is 1.95. The monoisotopic (exact) mass is 397 g/mol. The van der Waals surface area contributed by atoms with Gasteiger partial charge in [0.15, 0.2) is 4.80 Å². The van der Waals surface area contributed by atoms with Crippen LogP contribution in [0.15, 0.2) is 28.6 Å². The fourth-order valence-electron chi connectivity index (χ4n) is 3.09. The first-order valence-corrected chi connectivity index (χ1v) is 9.64. The van der Waals surface area contributed by atoms with Crippen molar-refractivity contribution in [3.05, 3.63) is 45.5 Å². The third-order valence-electron chi connectivity index (χ3n) is 4.68. The Morgan fingerprint density at radius 1 is 1.35 bits per heavy atom. The van der Waals surface area contributed by atoms with Crippen molar-refractivity contribution in [1.29, 1.82) is 0 Å². The highest BCUT2D eigenvalue weighted by Crippen LogP contribution is 2.20. The van der Waals surface area contributed by atoms with Crippen molar-refractivity contribution < 1.29 is 9.18 Å². The number of carbonyl (C=O) groups is 1. The smallest absolute Gasteiger partial charge is 0.230 e. The Balaban J connectivity index is 0.00000243. The van der Waals surface area contributed by atoms with E-state index >= 15 is 0 Å². The highest BCUT2D eigenvalue weighted by atomic mass is 35.5. The molecule has 1 saturated carbocycles. The molecule has 0 atom stereocenters. The lowest BCUT2D eigenvalue weighted by Gasteiger charge is -2.16. The first-order valence-electron chi connectivity index (χ1n) is 8.76. The molecule has 0 bridgehead atoms. The SMILES string of the molecule is Cc1ccc(NC(=O)Cc2csc(=NC3CCCCC3)n2C)cc1F.Cl. The molecule has 1 heterocycles. The maximum Gasteiger partial charge on any atom is 0.230 e. The maximum atomic E-state index is 13.6. The van der Waals surface area contributed by atoms with Gasteiger partial charge in [0.25, 0.3) is 0 Å². The van der Waals surface area contributed by atoms with Gasteiger partial charge in [-0.1, -0.05) is 25.3 Å². The molecule has 0 spiro atoms. The molecular weight excluding hydrogens is 373 g/mol. The summed E-state index contributed by atoms with van der Waals surface area (Å²) in [6, 6.07) is 5.14. The van der Waals surface area contributed by atoms with Crippen LogP contribution >= 0.6 is 23.7 Å². The van der Waals surface area contributed by atoms with E-state index in [2.05, 4.69) is 5.32 Å². The number of hydrogen-bond donors (Lipinski definition) is 1. The molecule has 0 radical (unpaired) electrons. The fraction of sp³-hybridized carbons (Fsp3) is 0.474. The molecule has 7 heteroatoms. The summed E-state index contributed by atoms with van der Waals surface area (Å²) in [4.78, 5) is 18.1. The van der Waals surface area contributed by atoms with Crippen LogP contribution in [0.4, 0.5) is 10.1 Å². The molecule has 0 saturated heterocycles. The van der Waals surface area contributed by atoms with E-state index in [1.165, 1.54) is 25.3 Å². The highest BCUT2D eigenvalue weighted by molar-refractivity contribution is 7.07. The lowest BCUT2D eigenvalue weighted by atomic mass is 9.96. The first-order chi connectivity index (χ1) is 12.0. The molecule has 1 amide bonds. The van der Waals surface area contributed by atoms with Crippen molar-refractivity contribution in [3.63, 3.8) is 0 Å². The lowest BCUT2D eigenvalue weighted by Crippen LogP contribution is -2.22. The molecule has 1 aliphatic rings. The highest BCUT2D eigenvalue weighted by Gasteiger charge is 2.13. The zero-order valence-corrected chi connectivity index (χ0v) is 16.8. The van der Waals surface area contributed by atoms with Gasteiger partial charge in [-0.3, -0.25) is 9.79 Å². The van der Waals surface area contributed by atoms with Gasteiger partial charge in [-0.2, -0.15) is 0 Å². The van der Waals surface area contributed by atoms with Crippen LogP contribution < -0.4 is 10.1 Å². The summed E-state index contributed by atoms with van der Waals surface area (Å²) in [5, 5.41) is 4.74. The molecule has 1 aromatic heterocycles. The second-order valence-corrected chi connectivity index (χ2v) is 7.52. The molecule has 0 aliphatic heterocycles. The molecule has 3 rings (SSSR count). The lowest BCUT2D eigenvalue weighted by molar-refractivity contribution is -0.115. The van der Waals surface area contributed by atoms with Gasteiger partial charge in [-0.15, -0.1) is 23.7 Å².